The van der Waals surface area contributed by atoms with Crippen LogP contribution in [0.1, 0.15) is 53.2 Å². The van der Waals surface area contributed by atoms with Gasteiger partial charge in [-0.3, -0.25) is 14.2 Å². The van der Waals surface area contributed by atoms with Gasteiger partial charge < -0.3 is 9.84 Å². The molecule has 11 heteroatoms. The molecule has 31 heavy (non-hydrogen) atoms. The summed E-state index contributed by atoms with van der Waals surface area (Å²) < 4.78 is 72.7. The van der Waals surface area contributed by atoms with Crippen LogP contribution in [0.2, 0.25) is 0 Å². The van der Waals surface area contributed by atoms with Gasteiger partial charge in [0.05, 0.1) is 5.56 Å². The highest BCUT2D eigenvalue weighted by Crippen LogP contribution is 2.34. The number of aromatic nitrogens is 1. The number of hydrogen-bond acceptors (Lipinski definition) is 5. The Bertz CT molecular complexity index is 1150. The van der Waals surface area contributed by atoms with E-state index in [1.54, 1.807) is 6.07 Å². The van der Waals surface area contributed by atoms with Crippen LogP contribution in [0.4, 0.5) is 22.0 Å². The molecular formula is C20H15F5N2O4. The quantitative estimate of drug-likeness (QED) is 0.329. The summed E-state index contributed by atoms with van der Waals surface area (Å²) in [5, 5.41) is 19.9. The van der Waals surface area contributed by atoms with E-state index >= 15 is 0 Å². The highest BCUT2D eigenvalue weighted by Gasteiger charge is 2.31. The van der Waals surface area contributed by atoms with Gasteiger partial charge in [-0.05, 0) is 25.3 Å². The van der Waals surface area contributed by atoms with Gasteiger partial charge in [0.1, 0.15) is 11.6 Å². The molecule has 0 amide bonds. The molecule has 0 unspecified atom stereocenters. The van der Waals surface area contributed by atoms with Gasteiger partial charge in [0.25, 0.3) is 5.56 Å². The lowest BCUT2D eigenvalue weighted by atomic mass is 10.0. The zero-order valence-corrected chi connectivity index (χ0v) is 16.1. The van der Waals surface area contributed by atoms with Gasteiger partial charge >= 0.3 is 0 Å². The van der Waals surface area contributed by atoms with E-state index in [9.17, 15) is 41.9 Å². The van der Waals surface area contributed by atoms with Crippen molar-refractivity contribution in [1.29, 1.82) is 5.26 Å². The van der Waals surface area contributed by atoms with Crippen LogP contribution >= 0.6 is 0 Å². The normalized spacial score (nSPS) is 14.0. The first-order valence-corrected chi connectivity index (χ1v) is 9.17. The number of ketones is 1. The van der Waals surface area contributed by atoms with Crippen molar-refractivity contribution in [3.8, 4) is 17.7 Å². The Morgan fingerprint density at radius 2 is 1.61 bits per heavy atom. The highest BCUT2D eigenvalue weighted by atomic mass is 19.2. The first kappa shape index (κ1) is 22.3. The van der Waals surface area contributed by atoms with E-state index in [1.165, 1.54) is 6.92 Å². The van der Waals surface area contributed by atoms with Crippen molar-refractivity contribution in [1.82, 2.24) is 4.57 Å². The van der Waals surface area contributed by atoms with Crippen molar-refractivity contribution in [2.45, 2.75) is 38.6 Å². The van der Waals surface area contributed by atoms with Gasteiger partial charge in [-0.25, -0.2) is 13.2 Å². The van der Waals surface area contributed by atoms with Crippen LogP contribution in [0.3, 0.4) is 0 Å². The lowest BCUT2D eigenvalue weighted by Gasteiger charge is -2.20. The summed E-state index contributed by atoms with van der Waals surface area (Å²) in [6, 6.07) is 1.21. The summed E-state index contributed by atoms with van der Waals surface area (Å²) in [4.78, 5) is 25.2. The number of carbonyl (C=O) groups excluding carboxylic acids is 1. The molecular weight excluding hydrogens is 427 g/mol. The average molecular weight is 442 g/mol. The van der Waals surface area contributed by atoms with Gasteiger partial charge in [-0.1, -0.05) is 12.8 Å². The number of nitrogens with zero attached hydrogens (tertiary/aromatic N) is 2. The Kier molecular flexibility index (Phi) is 6.01. The minimum Gasteiger partial charge on any atom is -0.494 e. The van der Waals surface area contributed by atoms with Crippen molar-refractivity contribution in [3.05, 3.63) is 56.1 Å². The maximum Gasteiger partial charge on any atom is 0.271 e. The molecule has 0 bridgehead atoms. The molecule has 0 atom stereocenters. The Morgan fingerprint density at radius 3 is 2.13 bits per heavy atom. The third kappa shape index (κ3) is 3.62. The second-order valence-corrected chi connectivity index (χ2v) is 7.03. The predicted molar refractivity (Wildman–Crippen MR) is 95.4 cm³/mol. The Balaban J connectivity index is 2.03. The van der Waals surface area contributed by atoms with E-state index in [-0.39, 0.29) is 5.56 Å². The largest absolute Gasteiger partial charge is 0.494 e. The molecule has 1 N–H and O–H groups in total. The molecule has 1 heterocycles. The summed E-state index contributed by atoms with van der Waals surface area (Å²) >= 11 is 0. The molecule has 6 nitrogen and oxygen atoms in total. The number of pyridine rings is 1. The third-order valence-corrected chi connectivity index (χ3v) is 5.23. The van der Waals surface area contributed by atoms with E-state index < -0.39 is 75.8 Å². The molecule has 1 aliphatic carbocycles. The molecule has 2 aromatic rings. The zero-order valence-electron chi connectivity index (χ0n) is 16.1. The summed E-state index contributed by atoms with van der Waals surface area (Å²) in [6.07, 6.45) is 2.57. The molecule has 164 valence electrons. The van der Waals surface area contributed by atoms with Gasteiger partial charge in [0.2, 0.25) is 40.7 Å². The van der Waals surface area contributed by atoms with E-state index in [4.69, 9.17) is 0 Å². The van der Waals surface area contributed by atoms with Gasteiger partial charge in [0.15, 0.2) is 12.4 Å². The molecule has 0 spiro atoms. The molecule has 3 rings (SSSR count). The SMILES string of the molecule is Cc1c(C(=O)COc2c(F)c(F)c(F)c(F)c2F)c(O)n(C2CCCC2)c(=O)c1C#N. The zero-order chi connectivity index (χ0) is 23.0. The maximum absolute atomic E-state index is 13.8. The number of rotatable bonds is 5. The molecule has 0 saturated heterocycles. The van der Waals surface area contributed by atoms with Crippen LogP contribution < -0.4 is 10.3 Å². The highest BCUT2D eigenvalue weighted by molar-refractivity contribution is 6.01. The lowest BCUT2D eigenvalue weighted by molar-refractivity contribution is 0.0907. The fraction of sp³-hybridized carbons (Fsp3) is 0.350. The van der Waals surface area contributed by atoms with Gasteiger partial charge in [0, 0.05) is 6.04 Å². The second kappa shape index (κ2) is 8.37. The van der Waals surface area contributed by atoms with Crippen molar-refractivity contribution in [2.75, 3.05) is 6.61 Å². The molecule has 0 radical (unpaired) electrons. The van der Waals surface area contributed by atoms with Crippen molar-refractivity contribution in [3.63, 3.8) is 0 Å². The third-order valence-electron chi connectivity index (χ3n) is 5.23. The van der Waals surface area contributed by atoms with Crippen molar-refractivity contribution in [2.24, 2.45) is 0 Å². The van der Waals surface area contributed by atoms with Gasteiger partial charge in [-0.2, -0.15) is 14.0 Å². The van der Waals surface area contributed by atoms with Crippen molar-refractivity contribution >= 4 is 5.78 Å². The van der Waals surface area contributed by atoms with Gasteiger partial charge in [-0.15, -0.1) is 0 Å². The summed E-state index contributed by atoms with van der Waals surface area (Å²) in [5.41, 5.74) is -1.90. The van der Waals surface area contributed by atoms with Crippen LogP contribution in [0.15, 0.2) is 4.79 Å². The fourth-order valence-electron chi connectivity index (χ4n) is 3.68. The molecule has 1 aromatic carbocycles. The van der Waals surface area contributed by atoms with Crippen LogP contribution in [-0.4, -0.2) is 22.1 Å². The van der Waals surface area contributed by atoms with E-state index in [0.29, 0.717) is 12.8 Å². The summed E-state index contributed by atoms with van der Waals surface area (Å²) in [7, 11) is 0. The molecule has 1 fully saturated rings. The minimum atomic E-state index is -2.38. The minimum absolute atomic E-state index is 0.190. The monoisotopic (exact) mass is 442 g/mol. The number of benzene rings is 1. The topological polar surface area (TPSA) is 92.3 Å². The van der Waals surface area contributed by atoms with Crippen LogP contribution in [0.5, 0.6) is 11.6 Å². The summed E-state index contributed by atoms with van der Waals surface area (Å²) in [5.74, 6) is -14.9. The van der Waals surface area contributed by atoms with Crippen LogP contribution in [-0.2, 0) is 0 Å². The second-order valence-electron chi connectivity index (χ2n) is 7.03. The number of halogens is 5. The number of carbonyl (C=O) groups is 1. The van der Waals surface area contributed by atoms with E-state index in [1.807, 2.05) is 0 Å². The smallest absolute Gasteiger partial charge is 0.271 e. The van der Waals surface area contributed by atoms with Crippen LogP contribution in [0, 0.1) is 47.3 Å². The number of nitriles is 1. The molecule has 1 aromatic heterocycles. The first-order chi connectivity index (χ1) is 14.6. The predicted octanol–water partition coefficient (Wildman–Crippen LogP) is 3.81. The van der Waals surface area contributed by atoms with Crippen LogP contribution in [0.25, 0.3) is 0 Å². The molecule has 0 aliphatic heterocycles. The first-order valence-electron chi connectivity index (χ1n) is 9.17. The Morgan fingerprint density at radius 1 is 1.10 bits per heavy atom. The fourth-order valence-corrected chi connectivity index (χ4v) is 3.68. The van der Waals surface area contributed by atoms with E-state index in [0.717, 1.165) is 17.4 Å². The summed E-state index contributed by atoms with van der Waals surface area (Å²) in [6.45, 7) is -0.00914. The lowest BCUT2D eigenvalue weighted by Crippen LogP contribution is -2.30. The number of aromatic hydroxyl groups is 1. The van der Waals surface area contributed by atoms with E-state index in [2.05, 4.69) is 4.74 Å². The van der Waals surface area contributed by atoms with Crippen molar-refractivity contribution < 1.29 is 36.6 Å². The molecule has 1 saturated carbocycles. The maximum atomic E-state index is 13.8. The number of Topliss-reactive ketones (excluding diaryl/α,β-unsaturated/α-hetero) is 1. The standard InChI is InChI=1S/C20H15F5N2O4/c1-8-10(6-26)19(29)27(9-4-2-3-5-9)20(30)12(8)11(28)7-31-18-16(24)14(22)13(21)15(23)17(18)25/h9,30H,2-5,7H2,1H3. The Labute approximate surface area is 172 Å². The Hall–Kier alpha value is -3.42. The number of ether oxygens (including phenoxy) is 1. The molecule has 1 aliphatic rings. The average Bonchev–Trinajstić information content (AvgIpc) is 3.25. The number of hydrogen-bond donors (Lipinski definition) is 1.